The molecule has 0 saturated heterocycles. The molecule has 0 aliphatic heterocycles. The number of sulfonamides is 1. The number of rotatable bonds is 9. The molecular weight excluding hydrogens is 468 g/mol. The van der Waals surface area contributed by atoms with Gasteiger partial charge in [-0.15, -0.1) is 0 Å². The minimum absolute atomic E-state index is 0.00559. The molecule has 1 heterocycles. The summed E-state index contributed by atoms with van der Waals surface area (Å²) < 4.78 is 37.8. The number of carbonyl (C=O) groups excluding carboxylic acids is 1. The number of fused-ring (bicyclic) bond motifs is 1. The van der Waals surface area contributed by atoms with E-state index in [-0.39, 0.29) is 28.4 Å². The first-order valence-electron chi connectivity index (χ1n) is 10.4. The van der Waals surface area contributed by atoms with Gasteiger partial charge < -0.3 is 14.8 Å². The van der Waals surface area contributed by atoms with Crippen LogP contribution >= 0.6 is 0 Å². The zero-order valence-electron chi connectivity index (χ0n) is 18.9. The third kappa shape index (κ3) is 5.74. The van der Waals surface area contributed by atoms with Crippen LogP contribution < -0.4 is 19.5 Å². The van der Waals surface area contributed by atoms with Crippen molar-refractivity contribution in [2.75, 3.05) is 24.3 Å². The third-order valence-electron chi connectivity index (χ3n) is 5.00. The fourth-order valence-corrected chi connectivity index (χ4v) is 4.22. The molecule has 35 heavy (non-hydrogen) atoms. The molecule has 0 atom stereocenters. The molecule has 0 aliphatic carbocycles. The predicted molar refractivity (Wildman–Crippen MR) is 133 cm³/mol. The van der Waals surface area contributed by atoms with Gasteiger partial charge in [0, 0.05) is 29.6 Å². The molecule has 178 valence electrons. The van der Waals surface area contributed by atoms with Crippen molar-refractivity contribution in [3.63, 3.8) is 0 Å². The van der Waals surface area contributed by atoms with Crippen LogP contribution in [-0.4, -0.2) is 38.4 Å². The van der Waals surface area contributed by atoms with Gasteiger partial charge in [-0.25, -0.2) is 8.42 Å². The summed E-state index contributed by atoms with van der Waals surface area (Å²) in [6.07, 6.45) is 2.94. The minimum atomic E-state index is -3.92. The molecule has 2 N–H and O–H groups in total. The number of nitrogens with zero attached hydrogens (tertiary/aromatic N) is 2. The van der Waals surface area contributed by atoms with E-state index in [4.69, 9.17) is 9.47 Å². The number of ketones is 1. The van der Waals surface area contributed by atoms with Crippen molar-refractivity contribution in [1.82, 2.24) is 9.97 Å². The van der Waals surface area contributed by atoms with Crippen molar-refractivity contribution >= 4 is 38.1 Å². The Balaban J connectivity index is 1.41. The first kappa shape index (κ1) is 23.7. The van der Waals surface area contributed by atoms with Crippen LogP contribution in [0.4, 0.5) is 11.5 Å². The van der Waals surface area contributed by atoms with Gasteiger partial charge in [-0.3, -0.25) is 9.52 Å². The molecular formula is C25H22N4O5S. The lowest BCUT2D eigenvalue weighted by Gasteiger charge is -2.10. The number of nitrogens with one attached hydrogen (secondary N) is 2. The van der Waals surface area contributed by atoms with E-state index in [9.17, 15) is 13.2 Å². The molecule has 3 aromatic carbocycles. The zero-order valence-corrected chi connectivity index (χ0v) is 19.7. The summed E-state index contributed by atoms with van der Waals surface area (Å²) in [5.74, 6) is 0.00696. The summed E-state index contributed by atoms with van der Waals surface area (Å²) in [5.41, 5.74) is 1.18. The standard InChI is InChI=1S/C25H22N4O5S/c1-33-24-16-23(27-25(28-24)34-2)29-35(31,32)21-11-9-20(10-12-21)26-14-13-22(30)19-8-7-17-5-3-4-6-18(17)15-19/h3-16,26H,1-2H3,(H,27,28,29)/b14-13-. The van der Waals surface area contributed by atoms with Crippen molar-refractivity contribution in [2.45, 2.75) is 4.90 Å². The average molecular weight is 491 g/mol. The molecule has 4 aromatic rings. The maximum absolute atomic E-state index is 12.7. The largest absolute Gasteiger partial charge is 0.481 e. The van der Waals surface area contributed by atoms with Gasteiger partial charge in [-0.1, -0.05) is 36.4 Å². The number of benzene rings is 3. The molecule has 0 fully saturated rings. The fraction of sp³-hybridized carbons (Fsp3) is 0.0800. The normalized spacial score (nSPS) is 11.4. The molecule has 10 heteroatoms. The number of hydrogen-bond acceptors (Lipinski definition) is 8. The van der Waals surface area contributed by atoms with Crippen molar-refractivity contribution in [1.29, 1.82) is 0 Å². The van der Waals surface area contributed by atoms with Crippen LogP contribution in [0.3, 0.4) is 0 Å². The molecule has 9 nitrogen and oxygen atoms in total. The van der Waals surface area contributed by atoms with Crippen LogP contribution in [0.15, 0.2) is 90.0 Å². The Labute approximate surface area is 202 Å². The maximum Gasteiger partial charge on any atom is 0.321 e. The van der Waals surface area contributed by atoms with Gasteiger partial charge in [0.15, 0.2) is 11.6 Å². The Morgan fingerprint density at radius 2 is 1.63 bits per heavy atom. The van der Waals surface area contributed by atoms with Crippen LogP contribution in [0.25, 0.3) is 10.8 Å². The van der Waals surface area contributed by atoms with Crippen molar-refractivity contribution in [2.24, 2.45) is 0 Å². The van der Waals surface area contributed by atoms with Crippen LogP contribution in [0.1, 0.15) is 10.4 Å². The first-order chi connectivity index (χ1) is 16.9. The topological polar surface area (TPSA) is 120 Å². The van der Waals surface area contributed by atoms with E-state index in [0.717, 1.165) is 10.8 Å². The van der Waals surface area contributed by atoms with Gasteiger partial charge >= 0.3 is 6.01 Å². The number of allylic oxidation sites excluding steroid dienone is 1. The lowest BCUT2D eigenvalue weighted by atomic mass is 10.0. The second-order valence-corrected chi connectivity index (χ2v) is 9.00. The Kier molecular flexibility index (Phi) is 6.93. The summed E-state index contributed by atoms with van der Waals surface area (Å²) in [4.78, 5) is 20.4. The second kappa shape index (κ2) is 10.2. The number of anilines is 2. The Morgan fingerprint density at radius 3 is 2.34 bits per heavy atom. The smallest absolute Gasteiger partial charge is 0.321 e. The number of hydrogen-bond donors (Lipinski definition) is 2. The predicted octanol–water partition coefficient (Wildman–Crippen LogP) is 4.26. The van der Waals surface area contributed by atoms with Crippen LogP contribution in [0.5, 0.6) is 11.9 Å². The van der Waals surface area contributed by atoms with Gasteiger partial charge in [-0.05, 0) is 41.1 Å². The Bertz CT molecular complexity index is 1480. The average Bonchev–Trinajstić information content (AvgIpc) is 2.88. The molecule has 0 aliphatic rings. The van der Waals surface area contributed by atoms with Gasteiger partial charge in [-0.2, -0.15) is 9.97 Å². The molecule has 0 amide bonds. The highest BCUT2D eigenvalue weighted by molar-refractivity contribution is 7.92. The van der Waals surface area contributed by atoms with Crippen molar-refractivity contribution in [3.8, 4) is 11.9 Å². The summed E-state index contributed by atoms with van der Waals surface area (Å²) >= 11 is 0. The Hall–Kier alpha value is -4.44. The summed E-state index contributed by atoms with van der Waals surface area (Å²) in [7, 11) is -1.16. The van der Waals surface area contributed by atoms with Crippen LogP contribution in [-0.2, 0) is 10.0 Å². The molecule has 0 bridgehead atoms. The highest BCUT2D eigenvalue weighted by Gasteiger charge is 2.16. The fourth-order valence-electron chi connectivity index (χ4n) is 3.23. The van der Waals surface area contributed by atoms with Gasteiger partial charge in [0.25, 0.3) is 10.0 Å². The molecule has 0 saturated carbocycles. The molecule has 0 spiro atoms. The molecule has 0 unspecified atom stereocenters. The van der Waals surface area contributed by atoms with E-state index in [1.54, 1.807) is 18.2 Å². The van der Waals surface area contributed by atoms with E-state index in [1.807, 2.05) is 36.4 Å². The highest BCUT2D eigenvalue weighted by Crippen LogP contribution is 2.22. The van der Waals surface area contributed by atoms with E-state index in [1.165, 1.54) is 44.7 Å². The number of ether oxygens (including phenoxy) is 2. The van der Waals surface area contributed by atoms with Crippen LogP contribution in [0, 0.1) is 0 Å². The highest BCUT2D eigenvalue weighted by atomic mass is 32.2. The van der Waals surface area contributed by atoms with E-state index in [0.29, 0.717) is 11.3 Å². The first-order valence-corrected chi connectivity index (χ1v) is 11.9. The third-order valence-corrected chi connectivity index (χ3v) is 6.37. The van der Waals surface area contributed by atoms with E-state index in [2.05, 4.69) is 20.0 Å². The van der Waals surface area contributed by atoms with Gasteiger partial charge in [0.1, 0.15) is 0 Å². The SMILES string of the molecule is COc1cc(NS(=O)(=O)c2ccc(N/C=C\C(=O)c3ccc4ccccc4c3)cc2)nc(OC)n1. The van der Waals surface area contributed by atoms with Crippen LogP contribution in [0.2, 0.25) is 0 Å². The number of methoxy groups -OCH3 is 2. The number of carbonyl (C=O) groups is 1. The summed E-state index contributed by atoms with van der Waals surface area (Å²) in [5, 5.41) is 5.02. The van der Waals surface area contributed by atoms with Gasteiger partial charge in [0.05, 0.1) is 19.1 Å². The molecule has 4 rings (SSSR count). The molecule has 0 radical (unpaired) electrons. The number of aromatic nitrogens is 2. The summed E-state index contributed by atoms with van der Waals surface area (Å²) in [6, 6.07) is 20.7. The zero-order chi connectivity index (χ0) is 24.8. The van der Waals surface area contributed by atoms with E-state index >= 15 is 0 Å². The second-order valence-electron chi connectivity index (χ2n) is 7.32. The quantitative estimate of drug-likeness (QED) is 0.264. The van der Waals surface area contributed by atoms with E-state index < -0.39 is 10.0 Å². The lowest BCUT2D eigenvalue weighted by Crippen LogP contribution is -2.14. The van der Waals surface area contributed by atoms with Crippen molar-refractivity contribution in [3.05, 3.63) is 90.6 Å². The monoisotopic (exact) mass is 490 g/mol. The lowest BCUT2D eigenvalue weighted by molar-refractivity contribution is 0.104. The Morgan fingerprint density at radius 1 is 0.886 bits per heavy atom. The van der Waals surface area contributed by atoms with Gasteiger partial charge in [0.2, 0.25) is 5.88 Å². The minimum Gasteiger partial charge on any atom is -0.481 e. The maximum atomic E-state index is 12.7. The molecule has 1 aromatic heterocycles. The van der Waals surface area contributed by atoms with Crippen molar-refractivity contribution < 1.29 is 22.7 Å². The summed E-state index contributed by atoms with van der Waals surface area (Å²) in [6.45, 7) is 0.